The molecule has 6 nitrogen and oxygen atoms in total. The molecule has 18 heavy (non-hydrogen) atoms. The van der Waals surface area contributed by atoms with E-state index in [0.29, 0.717) is 24.6 Å². The third-order valence-electron chi connectivity index (χ3n) is 2.32. The van der Waals surface area contributed by atoms with Gasteiger partial charge in [0, 0.05) is 31.4 Å². The van der Waals surface area contributed by atoms with E-state index in [0.717, 1.165) is 5.69 Å². The number of aromatic nitrogens is 3. The van der Waals surface area contributed by atoms with Gasteiger partial charge in [-0.1, -0.05) is 0 Å². The van der Waals surface area contributed by atoms with E-state index in [-0.39, 0.29) is 5.78 Å². The van der Waals surface area contributed by atoms with Crippen LogP contribution in [0.15, 0.2) is 30.9 Å². The van der Waals surface area contributed by atoms with Crippen LogP contribution in [-0.2, 0) is 4.79 Å². The molecule has 6 heteroatoms. The van der Waals surface area contributed by atoms with Crippen molar-refractivity contribution in [1.82, 2.24) is 15.0 Å². The lowest BCUT2D eigenvalue weighted by atomic mass is 10.3. The molecular formula is C12H15N5O. The molecule has 0 unspecified atom stereocenters. The van der Waals surface area contributed by atoms with Crippen molar-refractivity contribution in [3.63, 3.8) is 0 Å². The smallest absolute Gasteiger partial charge is 0.135 e. The molecule has 0 bridgehead atoms. The molecule has 0 aliphatic heterocycles. The second-order valence-electron chi connectivity index (χ2n) is 3.89. The second kappa shape index (κ2) is 5.81. The van der Waals surface area contributed by atoms with Crippen molar-refractivity contribution in [2.45, 2.75) is 13.3 Å². The Balaban J connectivity index is 1.94. The van der Waals surface area contributed by atoms with Gasteiger partial charge in [-0.25, -0.2) is 9.97 Å². The summed E-state index contributed by atoms with van der Waals surface area (Å²) in [5.74, 6) is 1.56. The Kier molecular flexibility index (Phi) is 3.90. The summed E-state index contributed by atoms with van der Waals surface area (Å²) in [5.41, 5.74) is 0.934. The van der Waals surface area contributed by atoms with E-state index in [2.05, 4.69) is 25.6 Å². The van der Waals surface area contributed by atoms with Crippen LogP contribution in [0.5, 0.6) is 0 Å². The van der Waals surface area contributed by atoms with Crippen LogP contribution in [0.2, 0.25) is 0 Å². The Hall–Kier alpha value is -2.37. The lowest BCUT2D eigenvalue weighted by Gasteiger charge is -2.06. The highest BCUT2D eigenvalue weighted by atomic mass is 16.1. The van der Waals surface area contributed by atoms with Crippen LogP contribution < -0.4 is 10.6 Å². The van der Waals surface area contributed by atoms with Crippen molar-refractivity contribution in [2.24, 2.45) is 0 Å². The third kappa shape index (κ3) is 3.58. The minimum Gasteiger partial charge on any atom is -0.369 e. The van der Waals surface area contributed by atoms with E-state index >= 15 is 0 Å². The van der Waals surface area contributed by atoms with Crippen molar-refractivity contribution in [3.8, 4) is 0 Å². The fraction of sp³-hybridized carbons (Fsp3) is 0.250. The summed E-state index contributed by atoms with van der Waals surface area (Å²) in [4.78, 5) is 22.0. The van der Waals surface area contributed by atoms with Gasteiger partial charge < -0.3 is 15.6 Å². The van der Waals surface area contributed by atoms with Gasteiger partial charge in [0.1, 0.15) is 23.7 Å². The van der Waals surface area contributed by atoms with Gasteiger partial charge in [-0.2, -0.15) is 0 Å². The first-order valence-electron chi connectivity index (χ1n) is 5.69. The number of ketones is 1. The van der Waals surface area contributed by atoms with Gasteiger partial charge in [-0.15, -0.1) is 0 Å². The predicted octanol–water partition coefficient (Wildman–Crippen LogP) is 1.94. The molecule has 94 valence electrons. The molecule has 0 saturated carbocycles. The standard InChI is InChI=1S/C12H15N5O/c1-9(18)2-5-14-11-6-12(16-8-15-11)17-10-3-4-13-7-10/h3-4,6-8,13H,2,5H2,1H3,(H2,14,15,16,17). The van der Waals surface area contributed by atoms with Gasteiger partial charge in [0.25, 0.3) is 0 Å². The zero-order chi connectivity index (χ0) is 12.8. The van der Waals surface area contributed by atoms with E-state index in [9.17, 15) is 4.79 Å². The Bertz CT molecular complexity index is 509. The normalized spacial score (nSPS) is 10.1. The number of nitrogens with zero attached hydrogens (tertiary/aromatic N) is 2. The van der Waals surface area contributed by atoms with Crippen molar-refractivity contribution in [1.29, 1.82) is 0 Å². The van der Waals surface area contributed by atoms with E-state index in [1.54, 1.807) is 13.0 Å². The van der Waals surface area contributed by atoms with Gasteiger partial charge in [-0.3, -0.25) is 4.79 Å². The second-order valence-corrected chi connectivity index (χ2v) is 3.89. The van der Waals surface area contributed by atoms with Crippen molar-refractivity contribution in [2.75, 3.05) is 17.2 Å². The monoisotopic (exact) mass is 245 g/mol. The van der Waals surface area contributed by atoms with Crippen LogP contribution in [-0.4, -0.2) is 27.3 Å². The number of H-pyrrole nitrogens is 1. The van der Waals surface area contributed by atoms with Gasteiger partial charge in [0.15, 0.2) is 0 Å². The van der Waals surface area contributed by atoms with E-state index in [4.69, 9.17) is 0 Å². The SMILES string of the molecule is CC(=O)CCNc1cc(Nc2cc[nH]c2)ncn1. The molecule has 0 aliphatic rings. The van der Waals surface area contributed by atoms with Crippen LogP contribution in [0.4, 0.5) is 17.3 Å². The van der Waals surface area contributed by atoms with Crippen LogP contribution in [0.3, 0.4) is 0 Å². The van der Waals surface area contributed by atoms with Crippen LogP contribution >= 0.6 is 0 Å². The van der Waals surface area contributed by atoms with Gasteiger partial charge in [0.2, 0.25) is 0 Å². The first kappa shape index (κ1) is 12.1. The lowest BCUT2D eigenvalue weighted by Crippen LogP contribution is -2.07. The zero-order valence-corrected chi connectivity index (χ0v) is 10.1. The average molecular weight is 245 g/mol. The highest BCUT2D eigenvalue weighted by molar-refractivity contribution is 5.76. The number of rotatable bonds is 6. The number of carbonyl (C=O) groups is 1. The molecule has 0 spiro atoms. The average Bonchev–Trinajstić information content (AvgIpc) is 2.82. The number of nitrogens with one attached hydrogen (secondary N) is 3. The Morgan fingerprint density at radius 1 is 1.39 bits per heavy atom. The number of anilines is 3. The molecule has 0 aliphatic carbocycles. The molecule has 2 heterocycles. The number of hydrogen-bond donors (Lipinski definition) is 3. The molecule has 0 saturated heterocycles. The number of carbonyl (C=O) groups excluding carboxylic acids is 1. The number of hydrogen-bond acceptors (Lipinski definition) is 5. The molecule has 2 aromatic heterocycles. The number of aromatic amines is 1. The summed E-state index contributed by atoms with van der Waals surface area (Å²) in [6.07, 6.45) is 5.64. The van der Waals surface area contributed by atoms with Gasteiger partial charge in [0.05, 0.1) is 5.69 Å². The number of Topliss-reactive ketones (excluding diaryl/α,β-unsaturated/α-hetero) is 1. The molecule has 2 rings (SSSR count). The molecule has 0 fully saturated rings. The maximum Gasteiger partial charge on any atom is 0.135 e. The van der Waals surface area contributed by atoms with Gasteiger partial charge in [-0.05, 0) is 13.0 Å². The quantitative estimate of drug-likeness (QED) is 0.724. The molecule has 0 atom stereocenters. The summed E-state index contributed by atoms with van der Waals surface area (Å²) in [5, 5.41) is 6.21. The molecule has 3 N–H and O–H groups in total. The topological polar surface area (TPSA) is 82.7 Å². The largest absolute Gasteiger partial charge is 0.369 e. The summed E-state index contributed by atoms with van der Waals surface area (Å²) in [6.45, 7) is 2.15. The lowest BCUT2D eigenvalue weighted by molar-refractivity contribution is -0.116. The minimum atomic E-state index is 0.155. The molecule has 0 radical (unpaired) electrons. The van der Waals surface area contributed by atoms with E-state index in [1.165, 1.54) is 6.33 Å². The van der Waals surface area contributed by atoms with Crippen molar-refractivity contribution in [3.05, 3.63) is 30.9 Å². The fourth-order valence-electron chi connectivity index (χ4n) is 1.44. The van der Waals surface area contributed by atoms with E-state index in [1.807, 2.05) is 18.5 Å². The molecule has 0 amide bonds. The summed E-state index contributed by atoms with van der Waals surface area (Å²) in [7, 11) is 0. The fourth-order valence-corrected chi connectivity index (χ4v) is 1.44. The first-order chi connectivity index (χ1) is 8.74. The van der Waals surface area contributed by atoms with Crippen LogP contribution in [0.1, 0.15) is 13.3 Å². The summed E-state index contributed by atoms with van der Waals surface area (Å²) >= 11 is 0. The maximum atomic E-state index is 10.8. The summed E-state index contributed by atoms with van der Waals surface area (Å²) < 4.78 is 0. The van der Waals surface area contributed by atoms with Gasteiger partial charge >= 0.3 is 0 Å². The Morgan fingerprint density at radius 2 is 2.22 bits per heavy atom. The predicted molar refractivity (Wildman–Crippen MR) is 69.9 cm³/mol. The zero-order valence-electron chi connectivity index (χ0n) is 10.1. The molecule has 2 aromatic rings. The first-order valence-corrected chi connectivity index (χ1v) is 5.69. The summed E-state index contributed by atoms with van der Waals surface area (Å²) in [6, 6.07) is 3.71. The Morgan fingerprint density at radius 3 is 2.94 bits per heavy atom. The molecule has 0 aromatic carbocycles. The van der Waals surface area contributed by atoms with E-state index < -0.39 is 0 Å². The highest BCUT2D eigenvalue weighted by Gasteiger charge is 2.00. The highest BCUT2D eigenvalue weighted by Crippen LogP contribution is 2.15. The Labute approximate surface area is 105 Å². The maximum absolute atomic E-state index is 10.8. The molecular weight excluding hydrogens is 230 g/mol. The van der Waals surface area contributed by atoms with Crippen LogP contribution in [0, 0.1) is 0 Å². The minimum absolute atomic E-state index is 0.155. The van der Waals surface area contributed by atoms with Crippen molar-refractivity contribution < 1.29 is 4.79 Å². The third-order valence-corrected chi connectivity index (χ3v) is 2.32. The van der Waals surface area contributed by atoms with Crippen LogP contribution in [0.25, 0.3) is 0 Å². The van der Waals surface area contributed by atoms with Crippen molar-refractivity contribution >= 4 is 23.1 Å².